The van der Waals surface area contributed by atoms with E-state index >= 15 is 0 Å². The van der Waals surface area contributed by atoms with Gasteiger partial charge in [0.2, 0.25) is 0 Å². The minimum absolute atomic E-state index is 0.0350. The third kappa shape index (κ3) is 4.59. The lowest BCUT2D eigenvalue weighted by atomic mass is 10.2. The molecule has 0 amide bonds. The summed E-state index contributed by atoms with van der Waals surface area (Å²) in [6, 6.07) is 3.53. The van der Waals surface area contributed by atoms with Crippen molar-refractivity contribution < 1.29 is 15.4 Å². The monoisotopic (exact) mass is 257 g/mol. The van der Waals surface area contributed by atoms with Crippen molar-refractivity contribution in [2.75, 3.05) is 12.4 Å². The van der Waals surface area contributed by atoms with E-state index in [9.17, 15) is 0 Å². The summed E-state index contributed by atoms with van der Waals surface area (Å²) in [5.41, 5.74) is 6.78. The fraction of sp³-hybridized carbons (Fsp3) is 0.400. The van der Waals surface area contributed by atoms with E-state index in [0.717, 1.165) is 5.56 Å². The van der Waals surface area contributed by atoms with E-state index in [0.29, 0.717) is 17.2 Å². The van der Waals surface area contributed by atoms with Crippen LogP contribution in [0.4, 0.5) is 0 Å². The van der Waals surface area contributed by atoms with Crippen LogP contribution in [0.5, 0.6) is 0 Å². The number of oxime groups is 1. The summed E-state index contributed by atoms with van der Waals surface area (Å²) < 4.78 is 0. The predicted octanol–water partition coefficient (Wildman–Crippen LogP) is -0.238. The minimum atomic E-state index is -0.703. The van der Waals surface area contributed by atoms with Gasteiger partial charge in [-0.3, -0.25) is 4.98 Å². The van der Waals surface area contributed by atoms with E-state index in [1.807, 2.05) is 6.07 Å². The highest BCUT2D eigenvalue weighted by Gasteiger charge is 2.04. The van der Waals surface area contributed by atoms with E-state index in [4.69, 9.17) is 21.2 Å². The zero-order valence-electron chi connectivity index (χ0n) is 9.15. The fourth-order valence-electron chi connectivity index (χ4n) is 1.12. The number of nitrogens with zero attached hydrogens (tertiary/aromatic N) is 2. The molecule has 1 unspecified atom stereocenters. The van der Waals surface area contributed by atoms with Gasteiger partial charge in [0.15, 0.2) is 5.84 Å². The van der Waals surface area contributed by atoms with Crippen molar-refractivity contribution in [3.05, 3.63) is 29.6 Å². The molecule has 0 bridgehead atoms. The Morgan fingerprint density at radius 3 is 3.00 bits per heavy atom. The molecule has 17 heavy (non-hydrogen) atoms. The Morgan fingerprint density at radius 2 is 2.35 bits per heavy atom. The second-order valence-electron chi connectivity index (χ2n) is 3.39. The lowest BCUT2D eigenvalue weighted by Crippen LogP contribution is -2.15. The van der Waals surface area contributed by atoms with Crippen LogP contribution in [0.3, 0.4) is 0 Å². The van der Waals surface area contributed by atoms with Crippen molar-refractivity contribution >= 4 is 17.6 Å². The molecule has 1 atom stereocenters. The molecule has 94 valence electrons. The maximum Gasteiger partial charge on any atom is 0.188 e. The lowest BCUT2D eigenvalue weighted by molar-refractivity contribution is 0.113. The van der Waals surface area contributed by atoms with Crippen molar-refractivity contribution in [1.29, 1.82) is 0 Å². The predicted molar refractivity (Wildman–Crippen MR) is 66.0 cm³/mol. The quantitative estimate of drug-likeness (QED) is 0.242. The Labute approximate surface area is 103 Å². The number of pyridine rings is 1. The Kier molecular flexibility index (Phi) is 5.75. The molecule has 7 heteroatoms. The number of aromatic nitrogens is 1. The van der Waals surface area contributed by atoms with Crippen LogP contribution < -0.4 is 5.73 Å². The van der Waals surface area contributed by atoms with Crippen LogP contribution >= 0.6 is 11.8 Å². The molecule has 0 aliphatic heterocycles. The highest BCUT2D eigenvalue weighted by Crippen LogP contribution is 2.13. The minimum Gasteiger partial charge on any atom is -0.409 e. The Balaban J connectivity index is 2.54. The van der Waals surface area contributed by atoms with E-state index in [2.05, 4.69) is 10.1 Å². The van der Waals surface area contributed by atoms with E-state index < -0.39 is 6.10 Å². The molecule has 1 aromatic heterocycles. The zero-order valence-corrected chi connectivity index (χ0v) is 9.97. The first-order chi connectivity index (χ1) is 8.17. The molecular weight excluding hydrogens is 242 g/mol. The Morgan fingerprint density at radius 1 is 1.59 bits per heavy atom. The molecule has 0 saturated carbocycles. The number of thioether (sulfide) groups is 1. The smallest absolute Gasteiger partial charge is 0.188 e. The SMILES string of the molecule is NC(=NO)c1cc(CSCC(O)CO)ccn1. The molecule has 0 aliphatic carbocycles. The Bertz CT molecular complexity index is 387. The third-order valence-corrected chi connectivity index (χ3v) is 3.14. The lowest BCUT2D eigenvalue weighted by Gasteiger charge is -2.07. The maximum absolute atomic E-state index is 9.16. The number of nitrogens with two attached hydrogens (primary N) is 1. The van der Waals surface area contributed by atoms with Crippen LogP contribution in [-0.2, 0) is 5.75 Å². The molecule has 0 aliphatic rings. The molecule has 0 aromatic carbocycles. The van der Waals surface area contributed by atoms with Crippen molar-refractivity contribution in [3.63, 3.8) is 0 Å². The Hall–Kier alpha value is -1.31. The summed E-state index contributed by atoms with van der Waals surface area (Å²) in [6.07, 6.45) is 0.872. The van der Waals surface area contributed by atoms with Gasteiger partial charge in [-0.05, 0) is 17.7 Å². The highest BCUT2D eigenvalue weighted by atomic mass is 32.2. The van der Waals surface area contributed by atoms with Gasteiger partial charge < -0.3 is 21.2 Å². The van der Waals surface area contributed by atoms with Crippen LogP contribution in [0, 0.1) is 0 Å². The van der Waals surface area contributed by atoms with Gasteiger partial charge in [-0.2, -0.15) is 11.8 Å². The number of rotatable bonds is 6. The van der Waals surface area contributed by atoms with Gasteiger partial charge in [0.25, 0.3) is 0 Å². The topological polar surface area (TPSA) is 112 Å². The van der Waals surface area contributed by atoms with Crippen LogP contribution in [0.15, 0.2) is 23.5 Å². The molecule has 0 saturated heterocycles. The van der Waals surface area contributed by atoms with Gasteiger partial charge >= 0.3 is 0 Å². The van der Waals surface area contributed by atoms with Gasteiger partial charge in [0, 0.05) is 17.7 Å². The zero-order chi connectivity index (χ0) is 12.7. The first-order valence-electron chi connectivity index (χ1n) is 4.97. The number of aliphatic hydroxyl groups excluding tert-OH is 2. The molecule has 0 spiro atoms. The number of aliphatic hydroxyl groups is 2. The number of amidine groups is 1. The summed E-state index contributed by atoms with van der Waals surface area (Å²) in [4.78, 5) is 3.96. The molecule has 1 aromatic rings. The van der Waals surface area contributed by atoms with Crippen molar-refractivity contribution in [1.82, 2.24) is 4.98 Å². The van der Waals surface area contributed by atoms with Gasteiger partial charge in [0.1, 0.15) is 5.69 Å². The van der Waals surface area contributed by atoms with Gasteiger partial charge in [0.05, 0.1) is 12.7 Å². The second-order valence-corrected chi connectivity index (χ2v) is 4.42. The molecule has 1 rings (SSSR count). The molecule has 0 radical (unpaired) electrons. The molecule has 0 fully saturated rings. The summed E-state index contributed by atoms with van der Waals surface area (Å²) >= 11 is 1.49. The number of hydrogen-bond acceptors (Lipinski definition) is 6. The van der Waals surface area contributed by atoms with Gasteiger partial charge in [-0.15, -0.1) is 0 Å². The summed E-state index contributed by atoms with van der Waals surface area (Å²) in [6.45, 7) is -0.237. The van der Waals surface area contributed by atoms with Crippen LogP contribution in [0.25, 0.3) is 0 Å². The van der Waals surface area contributed by atoms with Crippen molar-refractivity contribution in [2.45, 2.75) is 11.9 Å². The van der Waals surface area contributed by atoms with E-state index in [-0.39, 0.29) is 12.4 Å². The third-order valence-electron chi connectivity index (χ3n) is 1.98. The van der Waals surface area contributed by atoms with Crippen molar-refractivity contribution in [3.8, 4) is 0 Å². The highest BCUT2D eigenvalue weighted by molar-refractivity contribution is 7.98. The number of hydrogen-bond donors (Lipinski definition) is 4. The molecule has 1 heterocycles. The van der Waals surface area contributed by atoms with E-state index in [1.54, 1.807) is 12.3 Å². The normalized spacial score (nSPS) is 13.6. The molecular formula is C10H15N3O3S. The van der Waals surface area contributed by atoms with Crippen molar-refractivity contribution in [2.24, 2.45) is 10.9 Å². The van der Waals surface area contributed by atoms with Crippen LogP contribution in [-0.4, -0.2) is 44.7 Å². The molecule has 5 N–H and O–H groups in total. The molecule has 6 nitrogen and oxygen atoms in total. The summed E-state index contributed by atoms with van der Waals surface area (Å²) in [5, 5.41) is 29.2. The average molecular weight is 257 g/mol. The average Bonchev–Trinajstić information content (AvgIpc) is 2.38. The fourth-order valence-corrected chi connectivity index (χ4v) is 2.03. The van der Waals surface area contributed by atoms with Gasteiger partial charge in [-0.25, -0.2) is 0 Å². The first-order valence-corrected chi connectivity index (χ1v) is 6.12. The van der Waals surface area contributed by atoms with Crippen LogP contribution in [0.1, 0.15) is 11.3 Å². The second kappa shape index (κ2) is 7.10. The van der Waals surface area contributed by atoms with Gasteiger partial charge in [-0.1, -0.05) is 5.16 Å². The summed E-state index contributed by atoms with van der Waals surface area (Å²) in [5.74, 6) is 1.08. The van der Waals surface area contributed by atoms with E-state index in [1.165, 1.54) is 11.8 Å². The van der Waals surface area contributed by atoms with Crippen LogP contribution in [0.2, 0.25) is 0 Å². The maximum atomic E-state index is 9.16. The first kappa shape index (κ1) is 13.8. The standard InChI is InChI=1S/C10H15N3O3S/c11-10(13-16)9-3-7(1-2-12-9)5-17-6-8(15)4-14/h1-3,8,14-16H,4-6H2,(H2,11,13). The summed E-state index contributed by atoms with van der Waals surface area (Å²) in [7, 11) is 0. The largest absolute Gasteiger partial charge is 0.409 e.